The van der Waals surface area contributed by atoms with Gasteiger partial charge in [0, 0.05) is 24.2 Å². The average Bonchev–Trinajstić information content (AvgIpc) is 3.18. The molecule has 2 N–H and O–H groups in total. The van der Waals surface area contributed by atoms with Crippen LogP contribution < -0.4 is 5.32 Å². The standard InChI is InChI=1S/C21H24F2N2O4S/c1-13-5-7-15(8-6-13)30(28,29)25-11-3-4-19(25)21(27)24-18-10-9-17(22)20(23)16(18)12-14(2)26/h5-10,14,19,26H,3-4,11-12H2,1-2H3,(H,24,27)/t14-,19-/m1/s1. The van der Waals surface area contributed by atoms with Crippen molar-refractivity contribution in [3.63, 3.8) is 0 Å². The third-order valence-electron chi connectivity index (χ3n) is 5.09. The number of amides is 1. The van der Waals surface area contributed by atoms with Gasteiger partial charge in [0.15, 0.2) is 11.6 Å². The van der Waals surface area contributed by atoms with Crippen LogP contribution in [-0.4, -0.2) is 42.4 Å². The quantitative estimate of drug-likeness (QED) is 0.726. The van der Waals surface area contributed by atoms with Crippen LogP contribution in [0.2, 0.25) is 0 Å². The summed E-state index contributed by atoms with van der Waals surface area (Å²) >= 11 is 0. The maximum absolute atomic E-state index is 14.2. The highest BCUT2D eigenvalue weighted by Crippen LogP contribution is 2.29. The van der Waals surface area contributed by atoms with Gasteiger partial charge < -0.3 is 10.4 Å². The zero-order chi connectivity index (χ0) is 22.1. The molecule has 6 nitrogen and oxygen atoms in total. The van der Waals surface area contributed by atoms with Gasteiger partial charge in [-0.3, -0.25) is 4.79 Å². The normalized spacial score (nSPS) is 18.4. The molecule has 0 spiro atoms. The number of carbonyl (C=O) groups is 1. The van der Waals surface area contributed by atoms with Gasteiger partial charge in [0.25, 0.3) is 0 Å². The first-order valence-electron chi connectivity index (χ1n) is 9.65. The minimum Gasteiger partial charge on any atom is -0.393 e. The van der Waals surface area contributed by atoms with E-state index in [1.807, 2.05) is 6.92 Å². The Morgan fingerprint density at radius 2 is 1.90 bits per heavy atom. The second-order valence-electron chi connectivity index (χ2n) is 7.52. The Hall–Kier alpha value is -2.36. The first-order chi connectivity index (χ1) is 14.1. The van der Waals surface area contributed by atoms with Crippen LogP contribution >= 0.6 is 0 Å². The van der Waals surface area contributed by atoms with E-state index in [0.717, 1.165) is 15.9 Å². The summed E-state index contributed by atoms with van der Waals surface area (Å²) in [5, 5.41) is 12.1. The second kappa shape index (κ2) is 8.79. The van der Waals surface area contributed by atoms with Crippen LogP contribution in [0.15, 0.2) is 41.3 Å². The van der Waals surface area contributed by atoms with Gasteiger partial charge in [-0.15, -0.1) is 0 Å². The number of aliphatic hydroxyl groups is 1. The Balaban J connectivity index is 1.87. The Kier molecular flexibility index (Phi) is 6.54. The minimum atomic E-state index is -3.89. The first-order valence-corrected chi connectivity index (χ1v) is 11.1. The fourth-order valence-electron chi connectivity index (χ4n) is 3.56. The first kappa shape index (κ1) is 22.3. The molecule has 1 fully saturated rings. The average molecular weight is 438 g/mol. The third kappa shape index (κ3) is 4.53. The lowest BCUT2D eigenvalue weighted by molar-refractivity contribution is -0.119. The molecular formula is C21H24F2N2O4S. The van der Waals surface area contributed by atoms with Gasteiger partial charge in [-0.05, 0) is 51.0 Å². The number of halogens is 2. The van der Waals surface area contributed by atoms with Crippen LogP contribution in [-0.2, 0) is 21.2 Å². The second-order valence-corrected chi connectivity index (χ2v) is 9.41. The van der Waals surface area contributed by atoms with E-state index in [4.69, 9.17) is 0 Å². The van der Waals surface area contributed by atoms with E-state index in [9.17, 15) is 27.1 Å². The van der Waals surface area contributed by atoms with Gasteiger partial charge in [0.1, 0.15) is 6.04 Å². The predicted molar refractivity (Wildman–Crippen MR) is 108 cm³/mol. The molecule has 0 unspecified atom stereocenters. The predicted octanol–water partition coefficient (Wildman–Crippen LogP) is 2.99. The van der Waals surface area contributed by atoms with Crippen LogP contribution in [0.4, 0.5) is 14.5 Å². The number of anilines is 1. The molecule has 3 rings (SSSR count). The van der Waals surface area contributed by atoms with Gasteiger partial charge in [-0.1, -0.05) is 17.7 Å². The van der Waals surface area contributed by atoms with Crippen molar-refractivity contribution in [1.29, 1.82) is 0 Å². The molecule has 1 saturated heterocycles. The van der Waals surface area contributed by atoms with Crippen molar-refractivity contribution in [2.75, 3.05) is 11.9 Å². The molecule has 2 atom stereocenters. The largest absolute Gasteiger partial charge is 0.393 e. The summed E-state index contributed by atoms with van der Waals surface area (Å²) in [6.45, 7) is 3.45. The van der Waals surface area contributed by atoms with E-state index in [-0.39, 0.29) is 29.1 Å². The van der Waals surface area contributed by atoms with Crippen molar-refractivity contribution < 1.29 is 27.1 Å². The molecule has 0 radical (unpaired) electrons. The molecular weight excluding hydrogens is 414 g/mol. The van der Waals surface area contributed by atoms with Crippen LogP contribution in [0.1, 0.15) is 30.9 Å². The Bertz CT molecular complexity index is 1040. The fraction of sp³-hybridized carbons (Fsp3) is 0.381. The summed E-state index contributed by atoms with van der Waals surface area (Å²) in [7, 11) is -3.89. The summed E-state index contributed by atoms with van der Waals surface area (Å²) in [6.07, 6.45) is -0.342. The van der Waals surface area contributed by atoms with E-state index < -0.39 is 39.7 Å². The van der Waals surface area contributed by atoms with Crippen LogP contribution in [0, 0.1) is 18.6 Å². The number of carbonyl (C=O) groups excluding carboxylic acids is 1. The van der Waals surface area contributed by atoms with E-state index in [2.05, 4.69) is 5.32 Å². The number of hydrogen-bond acceptors (Lipinski definition) is 4. The lowest BCUT2D eigenvalue weighted by Crippen LogP contribution is -2.43. The van der Waals surface area contributed by atoms with E-state index >= 15 is 0 Å². The number of hydrogen-bond donors (Lipinski definition) is 2. The smallest absolute Gasteiger partial charge is 0.243 e. The van der Waals surface area contributed by atoms with Gasteiger partial charge in [-0.2, -0.15) is 4.31 Å². The Morgan fingerprint density at radius 3 is 2.53 bits per heavy atom. The molecule has 1 aliphatic rings. The van der Waals surface area contributed by atoms with E-state index in [0.29, 0.717) is 12.8 Å². The molecule has 0 aromatic heterocycles. The molecule has 162 valence electrons. The Morgan fingerprint density at radius 1 is 1.23 bits per heavy atom. The molecule has 1 aliphatic heterocycles. The van der Waals surface area contributed by atoms with Crippen molar-refractivity contribution in [3.8, 4) is 0 Å². The zero-order valence-electron chi connectivity index (χ0n) is 16.7. The SMILES string of the molecule is Cc1ccc(S(=O)(=O)N2CCC[C@@H]2C(=O)Nc2ccc(F)c(F)c2C[C@@H](C)O)cc1. The van der Waals surface area contributed by atoms with Crippen molar-refractivity contribution in [1.82, 2.24) is 4.31 Å². The zero-order valence-corrected chi connectivity index (χ0v) is 17.5. The fourth-order valence-corrected chi connectivity index (χ4v) is 5.21. The number of aryl methyl sites for hydroxylation is 1. The maximum atomic E-state index is 14.2. The molecule has 0 aliphatic carbocycles. The number of nitrogens with zero attached hydrogens (tertiary/aromatic N) is 1. The summed E-state index contributed by atoms with van der Waals surface area (Å²) < 4.78 is 55.0. The van der Waals surface area contributed by atoms with Crippen LogP contribution in [0.25, 0.3) is 0 Å². The molecule has 30 heavy (non-hydrogen) atoms. The van der Waals surface area contributed by atoms with E-state index in [1.54, 1.807) is 12.1 Å². The van der Waals surface area contributed by atoms with Crippen molar-refractivity contribution in [3.05, 3.63) is 59.2 Å². The lowest BCUT2D eigenvalue weighted by Gasteiger charge is -2.24. The highest BCUT2D eigenvalue weighted by atomic mass is 32.2. The minimum absolute atomic E-state index is 0.0133. The number of benzene rings is 2. The van der Waals surface area contributed by atoms with Gasteiger partial charge >= 0.3 is 0 Å². The third-order valence-corrected chi connectivity index (χ3v) is 7.01. The molecule has 9 heteroatoms. The summed E-state index contributed by atoms with van der Waals surface area (Å²) in [5.74, 6) is -2.86. The summed E-state index contributed by atoms with van der Waals surface area (Å²) in [5.41, 5.74) is 0.761. The van der Waals surface area contributed by atoms with Crippen molar-refractivity contribution in [2.24, 2.45) is 0 Å². The van der Waals surface area contributed by atoms with Crippen molar-refractivity contribution in [2.45, 2.75) is 50.2 Å². The molecule has 2 aromatic rings. The molecule has 0 saturated carbocycles. The van der Waals surface area contributed by atoms with Gasteiger partial charge in [0.05, 0.1) is 11.0 Å². The van der Waals surface area contributed by atoms with Gasteiger partial charge in [-0.25, -0.2) is 17.2 Å². The number of nitrogens with one attached hydrogen (secondary N) is 1. The number of rotatable bonds is 6. The summed E-state index contributed by atoms with van der Waals surface area (Å²) in [4.78, 5) is 13.0. The monoisotopic (exact) mass is 438 g/mol. The summed E-state index contributed by atoms with van der Waals surface area (Å²) in [6, 6.07) is 7.47. The van der Waals surface area contributed by atoms with Crippen LogP contribution in [0.5, 0.6) is 0 Å². The molecule has 2 aromatic carbocycles. The molecule has 1 amide bonds. The molecule has 0 bridgehead atoms. The van der Waals surface area contributed by atoms with Gasteiger partial charge in [0.2, 0.25) is 15.9 Å². The lowest BCUT2D eigenvalue weighted by atomic mass is 10.0. The maximum Gasteiger partial charge on any atom is 0.243 e. The van der Waals surface area contributed by atoms with Crippen molar-refractivity contribution >= 4 is 21.6 Å². The van der Waals surface area contributed by atoms with Crippen LogP contribution in [0.3, 0.4) is 0 Å². The highest BCUT2D eigenvalue weighted by molar-refractivity contribution is 7.89. The number of sulfonamides is 1. The molecule has 1 heterocycles. The van der Waals surface area contributed by atoms with E-state index in [1.165, 1.54) is 25.1 Å². The topological polar surface area (TPSA) is 86.7 Å². The Labute approximate surface area is 174 Å². The highest BCUT2D eigenvalue weighted by Gasteiger charge is 2.39. The number of aliphatic hydroxyl groups excluding tert-OH is 1.